The lowest BCUT2D eigenvalue weighted by atomic mass is 9.88. The van der Waals surface area contributed by atoms with Gasteiger partial charge in [-0.15, -0.1) is 0 Å². The van der Waals surface area contributed by atoms with Crippen molar-refractivity contribution < 1.29 is 32.7 Å². The topological polar surface area (TPSA) is 117 Å². The van der Waals surface area contributed by atoms with Crippen molar-refractivity contribution in [3.8, 4) is 0 Å². The molecule has 1 fully saturated rings. The number of nitrogens with one attached hydrogen (secondary N) is 1. The van der Waals surface area contributed by atoms with Crippen molar-refractivity contribution in [2.45, 2.75) is 57.9 Å². The number of halogens is 3. The van der Waals surface area contributed by atoms with Gasteiger partial charge in [0.05, 0.1) is 11.4 Å². The van der Waals surface area contributed by atoms with Gasteiger partial charge in [-0.3, -0.25) is 19.7 Å². The summed E-state index contributed by atoms with van der Waals surface area (Å²) in [6.07, 6.45) is 1.94. The minimum absolute atomic E-state index is 0.101. The van der Waals surface area contributed by atoms with Gasteiger partial charge in [-0.2, -0.15) is 13.2 Å². The van der Waals surface area contributed by atoms with Crippen LogP contribution in [-0.4, -0.2) is 69.0 Å². The average molecular weight is 445 g/mol. The van der Waals surface area contributed by atoms with Crippen LogP contribution in [0.3, 0.4) is 0 Å². The Morgan fingerprint density at radius 3 is 2.68 bits per heavy atom. The molecule has 1 unspecified atom stereocenters. The number of alkyl halides is 3. The molecule has 2 N–H and O–H groups in total. The molecule has 12 heteroatoms. The number of hydrogen-bond donors (Lipinski definition) is 2. The quantitative estimate of drug-likeness (QED) is 0.712. The lowest BCUT2D eigenvalue weighted by Gasteiger charge is -2.38. The molecule has 1 atom stereocenters. The van der Waals surface area contributed by atoms with E-state index in [4.69, 9.17) is 14.7 Å². The number of nitrogens with zero attached hydrogens (tertiary/aromatic N) is 4. The van der Waals surface area contributed by atoms with E-state index in [1.807, 2.05) is 20.0 Å². The molecule has 172 valence electrons. The van der Waals surface area contributed by atoms with E-state index < -0.39 is 12.1 Å². The van der Waals surface area contributed by atoms with E-state index >= 15 is 0 Å². The summed E-state index contributed by atoms with van der Waals surface area (Å²) in [5.41, 5.74) is 2.04. The zero-order chi connectivity index (χ0) is 23.1. The van der Waals surface area contributed by atoms with Crippen LogP contribution in [0.4, 0.5) is 13.2 Å². The third-order valence-corrected chi connectivity index (χ3v) is 4.69. The minimum Gasteiger partial charge on any atom is -0.475 e. The Bertz CT molecular complexity index is 818. The Labute approximate surface area is 177 Å². The first-order chi connectivity index (χ1) is 14.5. The monoisotopic (exact) mass is 445 g/mol. The first kappa shape index (κ1) is 24.5. The number of likely N-dealkylation sites (tertiary alicyclic amines) is 1. The minimum atomic E-state index is -5.08. The van der Waals surface area contributed by atoms with E-state index in [-0.39, 0.29) is 11.5 Å². The van der Waals surface area contributed by atoms with Crippen LogP contribution in [0.5, 0.6) is 0 Å². The number of oxime groups is 1. The van der Waals surface area contributed by atoms with Gasteiger partial charge in [-0.1, -0.05) is 12.1 Å². The molecule has 1 amide bonds. The number of carboxylic acids is 1. The van der Waals surface area contributed by atoms with Crippen LogP contribution in [-0.2, 0) is 21.0 Å². The lowest BCUT2D eigenvalue weighted by molar-refractivity contribution is -0.192. The largest absolute Gasteiger partial charge is 0.490 e. The zero-order valence-electron chi connectivity index (χ0n) is 17.4. The van der Waals surface area contributed by atoms with Crippen molar-refractivity contribution in [1.82, 2.24) is 20.2 Å². The van der Waals surface area contributed by atoms with Crippen LogP contribution in [0.1, 0.15) is 44.0 Å². The fourth-order valence-corrected chi connectivity index (χ4v) is 3.35. The highest BCUT2D eigenvalue weighted by molar-refractivity contribution is 6.39. The number of aliphatic carboxylic acids is 1. The molecule has 0 bridgehead atoms. The van der Waals surface area contributed by atoms with E-state index in [1.54, 1.807) is 6.20 Å². The summed E-state index contributed by atoms with van der Waals surface area (Å²) in [5, 5.41) is 14.1. The molecule has 3 heterocycles. The summed E-state index contributed by atoms with van der Waals surface area (Å²) in [5.74, 6) is -2.86. The highest BCUT2D eigenvalue weighted by atomic mass is 19.4. The number of piperidine rings is 1. The van der Waals surface area contributed by atoms with E-state index in [0.29, 0.717) is 18.7 Å². The molecule has 9 nitrogen and oxygen atoms in total. The molecule has 2 aliphatic rings. The number of carbonyl (C=O) groups excluding carboxylic acids is 1. The van der Waals surface area contributed by atoms with E-state index in [1.165, 1.54) is 0 Å². The number of carbonyl (C=O) groups is 2. The van der Waals surface area contributed by atoms with Crippen LogP contribution in [0, 0.1) is 6.92 Å². The van der Waals surface area contributed by atoms with Gasteiger partial charge < -0.3 is 15.3 Å². The van der Waals surface area contributed by atoms with Crippen LogP contribution in [0.2, 0.25) is 0 Å². The molecule has 3 rings (SSSR count). The number of hydrogen-bond acceptors (Lipinski definition) is 7. The molecule has 1 aromatic rings. The molecule has 0 saturated carbocycles. The average Bonchev–Trinajstić information content (AvgIpc) is 3.09. The number of aryl methyl sites for hydroxylation is 1. The summed E-state index contributed by atoms with van der Waals surface area (Å²) in [6, 6.07) is 0. The Kier molecular flexibility index (Phi) is 8.31. The first-order valence-electron chi connectivity index (χ1n) is 9.88. The molecule has 2 aliphatic heterocycles. The van der Waals surface area contributed by atoms with Crippen LogP contribution in [0.15, 0.2) is 17.5 Å². The standard InChI is InChI=1S/C17H25N5O2.C2HF3O2/c1-3-6-19-16(23)15-8-17(24-21-15)5-4-7-22(12-17)11-14-10-18-9-13(2)20-14;3-2(4,5)1(6)7/h9-10H,3-8,11-12H2,1-2H3,(H,19,23);(H,6,7). The Morgan fingerprint density at radius 2 is 2.06 bits per heavy atom. The highest BCUT2D eigenvalue weighted by Gasteiger charge is 2.44. The van der Waals surface area contributed by atoms with Gasteiger partial charge in [0, 0.05) is 38.4 Å². The van der Waals surface area contributed by atoms with Crippen molar-refractivity contribution in [2.24, 2.45) is 5.16 Å². The molecule has 0 radical (unpaired) electrons. The van der Waals surface area contributed by atoms with E-state index in [9.17, 15) is 18.0 Å². The van der Waals surface area contributed by atoms with Gasteiger partial charge in [0.15, 0.2) is 5.60 Å². The molecule has 1 saturated heterocycles. The second-order valence-corrected chi connectivity index (χ2v) is 7.51. The predicted molar refractivity (Wildman–Crippen MR) is 104 cm³/mol. The van der Waals surface area contributed by atoms with Crippen molar-refractivity contribution in [3.05, 3.63) is 23.8 Å². The summed E-state index contributed by atoms with van der Waals surface area (Å²) < 4.78 is 31.7. The molecule has 1 spiro atoms. The van der Waals surface area contributed by atoms with Crippen molar-refractivity contribution in [1.29, 1.82) is 0 Å². The summed E-state index contributed by atoms with van der Waals surface area (Å²) in [4.78, 5) is 37.8. The fourth-order valence-electron chi connectivity index (χ4n) is 3.35. The summed E-state index contributed by atoms with van der Waals surface area (Å²) in [6.45, 7) is 7.15. The Morgan fingerprint density at radius 1 is 1.35 bits per heavy atom. The van der Waals surface area contributed by atoms with Crippen molar-refractivity contribution in [3.63, 3.8) is 0 Å². The zero-order valence-corrected chi connectivity index (χ0v) is 17.4. The predicted octanol–water partition coefficient (Wildman–Crippen LogP) is 2.06. The molecule has 31 heavy (non-hydrogen) atoms. The second kappa shape index (κ2) is 10.5. The first-order valence-corrected chi connectivity index (χ1v) is 9.88. The van der Waals surface area contributed by atoms with Gasteiger partial charge >= 0.3 is 12.1 Å². The van der Waals surface area contributed by atoms with Crippen LogP contribution < -0.4 is 5.32 Å². The molecule has 1 aromatic heterocycles. The maximum atomic E-state index is 12.1. The van der Waals surface area contributed by atoms with Gasteiger partial charge in [-0.05, 0) is 32.7 Å². The maximum Gasteiger partial charge on any atom is 0.490 e. The van der Waals surface area contributed by atoms with E-state index in [2.05, 4.69) is 25.3 Å². The number of rotatable bonds is 5. The number of carboxylic acid groups (broad SMARTS) is 1. The normalized spacial score (nSPS) is 21.0. The number of aromatic nitrogens is 2. The third kappa shape index (κ3) is 7.46. The van der Waals surface area contributed by atoms with Crippen LogP contribution >= 0.6 is 0 Å². The van der Waals surface area contributed by atoms with Crippen molar-refractivity contribution >= 4 is 17.6 Å². The Balaban J connectivity index is 0.000000423. The molecule has 0 aromatic carbocycles. The SMILES string of the molecule is CCCNC(=O)C1=NOC2(CCCN(Cc3cncc(C)n3)C2)C1.O=C(O)C(F)(F)F. The van der Waals surface area contributed by atoms with Gasteiger partial charge in [-0.25, -0.2) is 4.79 Å². The summed E-state index contributed by atoms with van der Waals surface area (Å²) >= 11 is 0. The molecule has 0 aliphatic carbocycles. The van der Waals surface area contributed by atoms with Gasteiger partial charge in [0.2, 0.25) is 0 Å². The Hall–Kier alpha value is -2.76. The van der Waals surface area contributed by atoms with Crippen LogP contribution in [0.25, 0.3) is 0 Å². The van der Waals surface area contributed by atoms with Gasteiger partial charge in [0.1, 0.15) is 5.71 Å². The summed E-state index contributed by atoms with van der Waals surface area (Å²) in [7, 11) is 0. The molecular weight excluding hydrogens is 419 g/mol. The smallest absolute Gasteiger partial charge is 0.475 e. The second-order valence-electron chi connectivity index (χ2n) is 7.51. The van der Waals surface area contributed by atoms with Gasteiger partial charge in [0.25, 0.3) is 5.91 Å². The fraction of sp³-hybridized carbons (Fsp3) is 0.632. The number of amides is 1. The lowest BCUT2D eigenvalue weighted by Crippen LogP contribution is -2.48. The van der Waals surface area contributed by atoms with Crippen molar-refractivity contribution in [2.75, 3.05) is 19.6 Å². The maximum absolute atomic E-state index is 12.1. The third-order valence-electron chi connectivity index (χ3n) is 4.69. The molecular formula is C19H26F3N5O4. The highest BCUT2D eigenvalue weighted by Crippen LogP contribution is 2.33. The van der Waals surface area contributed by atoms with E-state index in [0.717, 1.165) is 50.3 Å².